The molecular formula is C9H7ClO4. The number of hydrogen-bond acceptors (Lipinski definition) is 3. The average Bonchev–Trinajstić information content (AvgIpc) is 2.08. The first kappa shape index (κ1) is 10.5. The highest BCUT2D eigenvalue weighted by Crippen LogP contribution is 2.29. The molecule has 0 atom stereocenters. The number of phenols is 1. The molecule has 0 saturated carbocycles. The predicted molar refractivity (Wildman–Crippen MR) is 50.1 cm³/mol. The molecule has 0 bridgehead atoms. The Hall–Kier alpha value is -1.55. The molecule has 1 aromatic carbocycles. The van der Waals surface area contributed by atoms with E-state index >= 15 is 0 Å². The number of hydrogen-bond donors (Lipinski definition) is 2. The fourth-order valence-corrected chi connectivity index (χ4v) is 1.21. The van der Waals surface area contributed by atoms with Crippen molar-refractivity contribution in [3.8, 4) is 5.75 Å². The van der Waals surface area contributed by atoms with E-state index in [-0.39, 0.29) is 21.9 Å². The summed E-state index contributed by atoms with van der Waals surface area (Å²) in [5.41, 5.74) is -0.215. The monoisotopic (exact) mass is 214 g/mol. The second-order valence-electron chi connectivity index (χ2n) is 2.72. The summed E-state index contributed by atoms with van der Waals surface area (Å²) < 4.78 is 0. The molecule has 0 spiro atoms. The number of halogens is 1. The van der Waals surface area contributed by atoms with Crippen LogP contribution in [0.5, 0.6) is 5.75 Å². The highest BCUT2D eigenvalue weighted by atomic mass is 35.5. The Labute approximate surface area is 84.7 Å². The third-order valence-electron chi connectivity index (χ3n) is 1.69. The number of phenolic OH excluding ortho intramolecular Hbond substituents is 1. The largest absolute Gasteiger partial charge is 0.506 e. The Morgan fingerprint density at radius 1 is 1.36 bits per heavy atom. The quantitative estimate of drug-likeness (QED) is 0.738. The minimum Gasteiger partial charge on any atom is -0.506 e. The van der Waals surface area contributed by atoms with Gasteiger partial charge in [0.1, 0.15) is 5.75 Å². The Bertz CT molecular complexity index is 412. The zero-order valence-electron chi connectivity index (χ0n) is 7.24. The van der Waals surface area contributed by atoms with Crippen LogP contribution in [-0.4, -0.2) is 22.0 Å². The Morgan fingerprint density at radius 2 is 1.93 bits per heavy atom. The Balaban J connectivity index is 3.43. The minimum absolute atomic E-state index is 0.0881. The smallest absolute Gasteiger partial charge is 0.335 e. The van der Waals surface area contributed by atoms with Gasteiger partial charge in [0, 0.05) is 0 Å². The number of benzene rings is 1. The summed E-state index contributed by atoms with van der Waals surface area (Å²) >= 11 is 5.54. The van der Waals surface area contributed by atoms with Crippen molar-refractivity contribution >= 4 is 23.4 Å². The third kappa shape index (κ3) is 1.85. The third-order valence-corrected chi connectivity index (χ3v) is 1.98. The molecule has 0 fully saturated rings. The van der Waals surface area contributed by atoms with Crippen LogP contribution in [0.1, 0.15) is 27.6 Å². The number of rotatable bonds is 2. The normalized spacial score (nSPS) is 9.86. The average molecular weight is 215 g/mol. The number of aromatic hydroxyl groups is 1. The molecule has 0 amide bonds. The minimum atomic E-state index is -1.20. The fourth-order valence-electron chi connectivity index (χ4n) is 0.991. The van der Waals surface area contributed by atoms with Gasteiger partial charge in [0.25, 0.3) is 0 Å². The zero-order chi connectivity index (χ0) is 10.9. The van der Waals surface area contributed by atoms with Crippen LogP contribution in [0.15, 0.2) is 12.1 Å². The van der Waals surface area contributed by atoms with Gasteiger partial charge in [0.2, 0.25) is 0 Å². The maximum Gasteiger partial charge on any atom is 0.335 e. The van der Waals surface area contributed by atoms with Crippen LogP contribution in [0.25, 0.3) is 0 Å². The molecule has 74 valence electrons. The van der Waals surface area contributed by atoms with E-state index in [1.54, 1.807) is 0 Å². The second kappa shape index (κ2) is 3.67. The molecule has 14 heavy (non-hydrogen) atoms. The summed E-state index contributed by atoms with van der Waals surface area (Å²) in [5.74, 6) is -2.02. The van der Waals surface area contributed by atoms with Crippen LogP contribution in [-0.2, 0) is 0 Å². The van der Waals surface area contributed by atoms with Crippen LogP contribution >= 0.6 is 11.6 Å². The fraction of sp³-hybridized carbons (Fsp3) is 0.111. The maximum atomic E-state index is 11.0. The van der Waals surface area contributed by atoms with Crippen molar-refractivity contribution in [3.05, 3.63) is 28.3 Å². The first-order valence-corrected chi connectivity index (χ1v) is 4.08. The highest BCUT2D eigenvalue weighted by Gasteiger charge is 2.14. The molecule has 1 rings (SSSR count). The predicted octanol–water partition coefficient (Wildman–Crippen LogP) is 1.95. The van der Waals surface area contributed by atoms with Crippen LogP contribution in [0.4, 0.5) is 0 Å². The van der Waals surface area contributed by atoms with E-state index in [0.717, 1.165) is 12.1 Å². The molecule has 0 aliphatic rings. The number of carboxylic acid groups (broad SMARTS) is 1. The SMILES string of the molecule is CC(=O)c1cc(C(=O)O)cc(Cl)c1O. The van der Waals surface area contributed by atoms with Gasteiger partial charge in [-0.15, -0.1) is 0 Å². The van der Waals surface area contributed by atoms with Gasteiger partial charge in [-0.3, -0.25) is 4.79 Å². The first-order valence-electron chi connectivity index (χ1n) is 3.70. The van der Waals surface area contributed by atoms with Gasteiger partial charge < -0.3 is 10.2 Å². The number of ketones is 1. The molecule has 4 nitrogen and oxygen atoms in total. The molecular weight excluding hydrogens is 208 g/mol. The van der Waals surface area contributed by atoms with Crippen LogP contribution < -0.4 is 0 Å². The molecule has 0 aliphatic heterocycles. The molecule has 0 radical (unpaired) electrons. The van der Waals surface area contributed by atoms with E-state index in [1.165, 1.54) is 6.92 Å². The summed E-state index contributed by atoms with van der Waals surface area (Å²) in [7, 11) is 0. The molecule has 2 N–H and O–H groups in total. The topological polar surface area (TPSA) is 74.6 Å². The van der Waals surface area contributed by atoms with E-state index in [2.05, 4.69) is 0 Å². The van der Waals surface area contributed by atoms with Crippen molar-refractivity contribution in [2.24, 2.45) is 0 Å². The van der Waals surface area contributed by atoms with E-state index in [0.29, 0.717) is 0 Å². The molecule has 0 heterocycles. The molecule has 0 saturated heterocycles. The van der Waals surface area contributed by atoms with Gasteiger partial charge in [-0.05, 0) is 19.1 Å². The van der Waals surface area contributed by atoms with Crippen molar-refractivity contribution in [2.75, 3.05) is 0 Å². The maximum absolute atomic E-state index is 11.0. The van der Waals surface area contributed by atoms with E-state index < -0.39 is 11.8 Å². The molecule has 5 heteroatoms. The number of Topliss-reactive ketones (excluding diaryl/α,β-unsaturated/α-hetero) is 1. The zero-order valence-corrected chi connectivity index (χ0v) is 8.00. The summed E-state index contributed by atoms with van der Waals surface area (Å²) in [4.78, 5) is 21.6. The van der Waals surface area contributed by atoms with Gasteiger partial charge in [-0.25, -0.2) is 4.79 Å². The lowest BCUT2D eigenvalue weighted by Gasteiger charge is -2.04. The summed E-state index contributed by atoms with van der Waals surface area (Å²) in [6, 6.07) is 2.18. The lowest BCUT2D eigenvalue weighted by atomic mass is 10.1. The van der Waals surface area contributed by atoms with E-state index in [1.807, 2.05) is 0 Å². The van der Waals surface area contributed by atoms with Gasteiger partial charge in [-0.1, -0.05) is 11.6 Å². The van der Waals surface area contributed by atoms with Gasteiger partial charge in [0.05, 0.1) is 16.1 Å². The number of carboxylic acids is 1. The van der Waals surface area contributed by atoms with Crippen molar-refractivity contribution in [1.82, 2.24) is 0 Å². The van der Waals surface area contributed by atoms with Crippen molar-refractivity contribution in [3.63, 3.8) is 0 Å². The molecule has 0 unspecified atom stereocenters. The van der Waals surface area contributed by atoms with Crippen molar-refractivity contribution < 1.29 is 19.8 Å². The van der Waals surface area contributed by atoms with Gasteiger partial charge in [-0.2, -0.15) is 0 Å². The summed E-state index contributed by atoms with van der Waals surface area (Å²) in [6.07, 6.45) is 0. The van der Waals surface area contributed by atoms with Crippen LogP contribution in [0.2, 0.25) is 5.02 Å². The summed E-state index contributed by atoms with van der Waals surface area (Å²) in [6.45, 7) is 1.22. The van der Waals surface area contributed by atoms with Gasteiger partial charge in [0.15, 0.2) is 5.78 Å². The van der Waals surface area contributed by atoms with E-state index in [4.69, 9.17) is 16.7 Å². The Morgan fingerprint density at radius 3 is 2.36 bits per heavy atom. The van der Waals surface area contributed by atoms with E-state index in [9.17, 15) is 14.7 Å². The molecule has 0 aliphatic carbocycles. The first-order chi connectivity index (χ1) is 6.43. The van der Waals surface area contributed by atoms with Crippen LogP contribution in [0.3, 0.4) is 0 Å². The van der Waals surface area contributed by atoms with Crippen LogP contribution in [0, 0.1) is 0 Å². The number of carbonyl (C=O) groups is 2. The standard InChI is InChI=1S/C9H7ClO4/c1-4(11)6-2-5(9(13)14)3-7(10)8(6)12/h2-3,12H,1H3,(H,13,14). The van der Waals surface area contributed by atoms with Gasteiger partial charge >= 0.3 is 5.97 Å². The lowest BCUT2D eigenvalue weighted by Crippen LogP contribution is -2.01. The second-order valence-corrected chi connectivity index (χ2v) is 3.12. The molecule has 1 aromatic rings. The summed E-state index contributed by atoms with van der Waals surface area (Å²) in [5, 5.41) is 17.8. The van der Waals surface area contributed by atoms with Crippen molar-refractivity contribution in [1.29, 1.82) is 0 Å². The molecule has 0 aromatic heterocycles. The highest BCUT2D eigenvalue weighted by molar-refractivity contribution is 6.33. The van der Waals surface area contributed by atoms with Crippen molar-refractivity contribution in [2.45, 2.75) is 6.92 Å². The Kier molecular flexibility index (Phi) is 2.76. The number of carbonyl (C=O) groups excluding carboxylic acids is 1. The lowest BCUT2D eigenvalue weighted by molar-refractivity contribution is 0.0697. The number of aromatic carboxylic acids is 1.